The molecule has 1 heterocycles. The van der Waals surface area contributed by atoms with Crippen molar-refractivity contribution in [1.82, 2.24) is 10.5 Å². The van der Waals surface area contributed by atoms with Crippen LogP contribution in [0.1, 0.15) is 5.56 Å². The molecule has 1 aromatic carbocycles. The van der Waals surface area contributed by atoms with Crippen LogP contribution in [-0.4, -0.2) is 22.5 Å². The lowest BCUT2D eigenvalue weighted by Crippen LogP contribution is -2.29. The number of aromatic amines is 1. The molecule has 78 valence electrons. The van der Waals surface area contributed by atoms with Gasteiger partial charge in [0.15, 0.2) is 0 Å². The highest BCUT2D eigenvalue weighted by Crippen LogP contribution is 2.18. The molecule has 15 heavy (non-hydrogen) atoms. The number of nitrogens with one attached hydrogen (secondary N) is 2. The molecule has 3 N–H and O–H groups in total. The lowest BCUT2D eigenvalue weighted by atomic mass is 10.1. The molecule has 0 unspecified atom stereocenters. The van der Waals surface area contributed by atoms with Gasteiger partial charge in [-0.3, -0.25) is 0 Å². The van der Waals surface area contributed by atoms with Crippen LogP contribution in [0.25, 0.3) is 10.9 Å². The fourth-order valence-corrected chi connectivity index (χ4v) is 1.66. The number of para-hydroxylation sites is 1. The Morgan fingerprint density at radius 3 is 3.00 bits per heavy atom. The fraction of sp³-hybridized carbons (Fsp3) is 0.182. The molecular formula is C11H12N2O2. The van der Waals surface area contributed by atoms with E-state index >= 15 is 0 Å². The Kier molecular flexibility index (Phi) is 2.80. The van der Waals surface area contributed by atoms with Crippen LogP contribution in [0.5, 0.6) is 0 Å². The molecular weight excluding hydrogens is 192 g/mol. The first kappa shape index (κ1) is 9.89. The van der Waals surface area contributed by atoms with Gasteiger partial charge in [0.2, 0.25) is 0 Å². The Morgan fingerprint density at radius 2 is 2.27 bits per heavy atom. The molecule has 0 amide bonds. The second-order valence-electron chi connectivity index (χ2n) is 3.44. The molecule has 2 aromatic rings. The molecule has 4 heteroatoms. The number of aldehydes is 1. The lowest BCUT2D eigenvalue weighted by Gasteiger charge is -2.05. The first-order valence-electron chi connectivity index (χ1n) is 4.75. The number of carbonyl (C=O) groups is 1. The number of hydrogen-bond acceptors (Lipinski definition) is 3. The van der Waals surface area contributed by atoms with Gasteiger partial charge in [0.05, 0.1) is 6.04 Å². The third-order valence-electron chi connectivity index (χ3n) is 2.44. The Labute approximate surface area is 86.9 Å². The summed E-state index contributed by atoms with van der Waals surface area (Å²) in [5, 5.41) is 9.79. The van der Waals surface area contributed by atoms with Gasteiger partial charge in [0, 0.05) is 17.1 Å². The second-order valence-corrected chi connectivity index (χ2v) is 3.44. The number of carbonyl (C=O) groups excluding carboxylic acids is 1. The molecule has 0 saturated heterocycles. The van der Waals surface area contributed by atoms with E-state index in [0.29, 0.717) is 12.7 Å². The summed E-state index contributed by atoms with van der Waals surface area (Å²) in [6, 6.07) is 7.30. The minimum atomic E-state index is -0.552. The molecule has 1 aromatic heterocycles. The Hall–Kier alpha value is -1.65. The predicted octanol–water partition coefficient (Wildman–Crippen LogP) is 1.26. The quantitative estimate of drug-likeness (QED) is 0.519. The van der Waals surface area contributed by atoms with Crippen LogP contribution in [0.2, 0.25) is 0 Å². The molecule has 0 bridgehead atoms. The molecule has 0 radical (unpaired) electrons. The lowest BCUT2D eigenvalue weighted by molar-refractivity contribution is -0.111. The highest BCUT2D eigenvalue weighted by Gasteiger charge is 2.09. The summed E-state index contributed by atoms with van der Waals surface area (Å²) >= 11 is 0. The number of fused-ring (bicyclic) bond motifs is 1. The van der Waals surface area contributed by atoms with Crippen LogP contribution in [0.4, 0.5) is 0 Å². The highest BCUT2D eigenvalue weighted by molar-refractivity contribution is 5.83. The van der Waals surface area contributed by atoms with Gasteiger partial charge in [-0.05, 0) is 18.1 Å². The van der Waals surface area contributed by atoms with Crippen molar-refractivity contribution in [3.05, 3.63) is 36.0 Å². The van der Waals surface area contributed by atoms with Crippen LogP contribution in [0.3, 0.4) is 0 Å². The van der Waals surface area contributed by atoms with Gasteiger partial charge in [-0.15, -0.1) is 0 Å². The third-order valence-corrected chi connectivity index (χ3v) is 2.44. The summed E-state index contributed by atoms with van der Waals surface area (Å²) in [7, 11) is 0. The summed E-state index contributed by atoms with van der Waals surface area (Å²) in [4.78, 5) is 13.7. The van der Waals surface area contributed by atoms with Crippen LogP contribution >= 0.6 is 0 Å². The maximum atomic E-state index is 10.6. The minimum Gasteiger partial charge on any atom is -0.361 e. The number of H-pyrrole nitrogens is 1. The van der Waals surface area contributed by atoms with Crippen LogP contribution in [0.15, 0.2) is 30.5 Å². The molecule has 1 atom stereocenters. The number of rotatable bonds is 4. The molecule has 0 aliphatic carbocycles. The van der Waals surface area contributed by atoms with Crippen LogP contribution < -0.4 is 5.48 Å². The monoisotopic (exact) mass is 204 g/mol. The molecule has 0 aliphatic heterocycles. The second kappa shape index (κ2) is 4.25. The van der Waals surface area contributed by atoms with Gasteiger partial charge in [-0.1, -0.05) is 18.2 Å². The number of hydrogen-bond donors (Lipinski definition) is 3. The zero-order valence-corrected chi connectivity index (χ0v) is 8.10. The van der Waals surface area contributed by atoms with E-state index < -0.39 is 6.04 Å². The van der Waals surface area contributed by atoms with E-state index in [-0.39, 0.29) is 0 Å². The summed E-state index contributed by atoms with van der Waals surface area (Å²) in [5.74, 6) is 0. The van der Waals surface area contributed by atoms with E-state index in [4.69, 9.17) is 5.21 Å². The van der Waals surface area contributed by atoms with E-state index in [0.717, 1.165) is 16.5 Å². The van der Waals surface area contributed by atoms with E-state index in [1.165, 1.54) is 0 Å². The van der Waals surface area contributed by atoms with Gasteiger partial charge in [0.25, 0.3) is 0 Å². The molecule has 2 rings (SSSR count). The highest BCUT2D eigenvalue weighted by atomic mass is 16.5. The third kappa shape index (κ3) is 1.91. The van der Waals surface area contributed by atoms with Gasteiger partial charge in [-0.2, -0.15) is 5.48 Å². The predicted molar refractivity (Wildman–Crippen MR) is 56.8 cm³/mol. The summed E-state index contributed by atoms with van der Waals surface area (Å²) in [6.07, 6.45) is 3.03. The number of hydroxylamine groups is 1. The first-order valence-corrected chi connectivity index (χ1v) is 4.75. The van der Waals surface area contributed by atoms with E-state index in [1.807, 2.05) is 35.9 Å². The van der Waals surface area contributed by atoms with Crippen molar-refractivity contribution in [1.29, 1.82) is 0 Å². The Balaban J connectivity index is 2.32. The smallest absolute Gasteiger partial charge is 0.139 e. The van der Waals surface area contributed by atoms with Crippen molar-refractivity contribution in [3.8, 4) is 0 Å². The summed E-state index contributed by atoms with van der Waals surface area (Å²) < 4.78 is 0. The first-order chi connectivity index (χ1) is 7.35. The maximum Gasteiger partial charge on any atom is 0.139 e. The van der Waals surface area contributed by atoms with Gasteiger partial charge in [0.1, 0.15) is 6.29 Å². The summed E-state index contributed by atoms with van der Waals surface area (Å²) in [5.41, 5.74) is 4.03. The largest absolute Gasteiger partial charge is 0.361 e. The van der Waals surface area contributed by atoms with Gasteiger partial charge in [-0.25, -0.2) is 0 Å². The fourth-order valence-electron chi connectivity index (χ4n) is 1.66. The van der Waals surface area contributed by atoms with Crippen molar-refractivity contribution in [2.45, 2.75) is 12.5 Å². The number of aromatic nitrogens is 1. The standard InChI is InChI=1S/C11H12N2O2/c14-7-9(13-15)5-8-6-12-11-4-2-1-3-10(8)11/h1-4,6-7,9,12-13,15H,5H2/t9-/m0/s1. The van der Waals surface area contributed by atoms with Gasteiger partial charge >= 0.3 is 0 Å². The van der Waals surface area contributed by atoms with Crippen LogP contribution in [-0.2, 0) is 11.2 Å². The number of benzene rings is 1. The van der Waals surface area contributed by atoms with Crippen molar-refractivity contribution < 1.29 is 10.0 Å². The average molecular weight is 204 g/mol. The maximum absolute atomic E-state index is 10.6. The summed E-state index contributed by atoms with van der Waals surface area (Å²) in [6.45, 7) is 0. The molecule has 0 fully saturated rings. The van der Waals surface area contributed by atoms with Crippen molar-refractivity contribution >= 4 is 17.2 Å². The molecule has 0 spiro atoms. The molecule has 0 aliphatic rings. The van der Waals surface area contributed by atoms with Crippen LogP contribution in [0, 0.1) is 0 Å². The molecule has 0 saturated carbocycles. The van der Waals surface area contributed by atoms with E-state index in [2.05, 4.69) is 4.98 Å². The average Bonchev–Trinajstić information content (AvgIpc) is 2.69. The van der Waals surface area contributed by atoms with E-state index in [1.54, 1.807) is 0 Å². The van der Waals surface area contributed by atoms with Gasteiger partial charge < -0.3 is 15.0 Å². The zero-order valence-electron chi connectivity index (χ0n) is 8.10. The SMILES string of the molecule is O=C[C@H](Cc1c[nH]c2ccccc12)NO. The molecule has 4 nitrogen and oxygen atoms in total. The topological polar surface area (TPSA) is 65.1 Å². The van der Waals surface area contributed by atoms with Crippen molar-refractivity contribution in [2.75, 3.05) is 0 Å². The Bertz CT molecular complexity index is 464. The zero-order chi connectivity index (χ0) is 10.7. The van der Waals surface area contributed by atoms with Crippen molar-refractivity contribution in [2.24, 2.45) is 0 Å². The normalized spacial score (nSPS) is 12.9. The Morgan fingerprint density at radius 1 is 1.47 bits per heavy atom. The van der Waals surface area contributed by atoms with E-state index in [9.17, 15) is 4.79 Å². The minimum absolute atomic E-state index is 0.476. The van der Waals surface area contributed by atoms with Crippen molar-refractivity contribution in [3.63, 3.8) is 0 Å².